The van der Waals surface area contributed by atoms with E-state index in [-0.39, 0.29) is 13.5 Å². The Balaban J connectivity index is 2.32. The van der Waals surface area contributed by atoms with Gasteiger partial charge >= 0.3 is 0 Å². The first-order chi connectivity index (χ1) is 8.97. The van der Waals surface area contributed by atoms with Crippen molar-refractivity contribution in [2.45, 2.75) is 45.2 Å². The van der Waals surface area contributed by atoms with Crippen molar-refractivity contribution >= 4 is 19.0 Å². The zero-order valence-electron chi connectivity index (χ0n) is 12.0. The van der Waals surface area contributed by atoms with E-state index < -0.39 is 0 Å². The van der Waals surface area contributed by atoms with Gasteiger partial charge in [-0.1, -0.05) is 35.6 Å². The molecule has 3 nitrogen and oxygen atoms in total. The number of hydrogen-bond acceptors (Lipinski definition) is 2. The molecule has 0 aliphatic rings. The number of aromatic amines is 1. The number of hydrogen-bond donors (Lipinski definition) is 1. The standard InChI is InChI=1S/C15H21N2OP/c1-10(2)19(11(3)4)9-13-7-5-12-6-8-14(18)17-15(12)16-13/h5-8,10-11H,9H2,1-4H3,(H,16,17,18). The SMILES string of the molecule is CC(C)P(Cc1ccc2ccc(=O)[nH]c2n1)C(C)C. The van der Waals surface area contributed by atoms with E-state index in [0.717, 1.165) is 17.2 Å². The first-order valence-electron chi connectivity index (χ1n) is 6.72. The summed E-state index contributed by atoms with van der Waals surface area (Å²) in [7, 11) is -0.0725. The predicted octanol–water partition coefficient (Wildman–Crippen LogP) is 3.72. The molecule has 0 amide bonds. The molecule has 0 aliphatic heterocycles. The van der Waals surface area contributed by atoms with Gasteiger partial charge in [0.25, 0.3) is 0 Å². The molecule has 0 aromatic carbocycles. The summed E-state index contributed by atoms with van der Waals surface area (Å²) in [6.07, 6.45) is 1.03. The molecule has 0 spiro atoms. The van der Waals surface area contributed by atoms with Crippen LogP contribution in [0.15, 0.2) is 29.1 Å². The number of pyridine rings is 2. The molecule has 2 aromatic heterocycles. The molecule has 0 fully saturated rings. The summed E-state index contributed by atoms with van der Waals surface area (Å²) in [5.41, 5.74) is 3.09. The van der Waals surface area contributed by atoms with Crippen molar-refractivity contribution in [3.63, 3.8) is 0 Å². The monoisotopic (exact) mass is 276 g/mol. The van der Waals surface area contributed by atoms with Crippen LogP contribution in [0.4, 0.5) is 0 Å². The lowest BCUT2D eigenvalue weighted by Crippen LogP contribution is -2.08. The van der Waals surface area contributed by atoms with Gasteiger partial charge in [0, 0.05) is 23.3 Å². The van der Waals surface area contributed by atoms with Gasteiger partial charge in [-0.25, -0.2) is 4.98 Å². The van der Waals surface area contributed by atoms with Gasteiger partial charge in [-0.05, 0) is 29.5 Å². The van der Waals surface area contributed by atoms with Gasteiger partial charge in [0.2, 0.25) is 5.56 Å². The third kappa shape index (κ3) is 3.42. The highest BCUT2D eigenvalue weighted by Crippen LogP contribution is 2.48. The summed E-state index contributed by atoms with van der Waals surface area (Å²) in [6.45, 7) is 9.15. The molecule has 0 bridgehead atoms. The minimum Gasteiger partial charge on any atom is -0.307 e. The van der Waals surface area contributed by atoms with Crippen LogP contribution in [0.5, 0.6) is 0 Å². The Morgan fingerprint density at radius 1 is 1.11 bits per heavy atom. The van der Waals surface area contributed by atoms with Crippen LogP contribution in [0.3, 0.4) is 0 Å². The quantitative estimate of drug-likeness (QED) is 0.865. The average Bonchev–Trinajstić information content (AvgIpc) is 2.34. The van der Waals surface area contributed by atoms with E-state index in [1.165, 1.54) is 0 Å². The fourth-order valence-corrected chi connectivity index (χ4v) is 4.78. The van der Waals surface area contributed by atoms with E-state index in [2.05, 4.69) is 43.7 Å². The fraction of sp³-hybridized carbons (Fsp3) is 0.467. The van der Waals surface area contributed by atoms with E-state index in [1.807, 2.05) is 12.1 Å². The molecule has 0 radical (unpaired) electrons. The Morgan fingerprint density at radius 2 is 1.74 bits per heavy atom. The zero-order valence-corrected chi connectivity index (χ0v) is 12.9. The second-order valence-corrected chi connectivity index (χ2v) is 8.83. The number of nitrogens with one attached hydrogen (secondary N) is 1. The average molecular weight is 276 g/mol. The largest absolute Gasteiger partial charge is 0.307 e. The van der Waals surface area contributed by atoms with Gasteiger partial charge in [-0.3, -0.25) is 4.79 Å². The molecule has 4 heteroatoms. The predicted molar refractivity (Wildman–Crippen MR) is 83.3 cm³/mol. The Kier molecular flexibility index (Phi) is 4.36. The maximum atomic E-state index is 11.3. The van der Waals surface area contributed by atoms with Gasteiger partial charge in [0.05, 0.1) is 0 Å². The van der Waals surface area contributed by atoms with Gasteiger partial charge < -0.3 is 4.98 Å². The number of aromatic nitrogens is 2. The Hall–Kier alpha value is -1.21. The zero-order chi connectivity index (χ0) is 14.0. The highest BCUT2D eigenvalue weighted by Gasteiger charge is 2.17. The molecule has 2 rings (SSSR count). The van der Waals surface area contributed by atoms with Gasteiger partial charge in [0.15, 0.2) is 0 Å². The van der Waals surface area contributed by atoms with Crippen LogP contribution in [0.25, 0.3) is 11.0 Å². The lowest BCUT2D eigenvalue weighted by molar-refractivity contribution is 0.987. The summed E-state index contributed by atoms with van der Waals surface area (Å²) >= 11 is 0. The van der Waals surface area contributed by atoms with E-state index in [9.17, 15) is 4.79 Å². The smallest absolute Gasteiger partial charge is 0.249 e. The highest BCUT2D eigenvalue weighted by atomic mass is 31.1. The number of rotatable bonds is 4. The van der Waals surface area contributed by atoms with E-state index in [1.54, 1.807) is 6.07 Å². The fourth-order valence-electron chi connectivity index (χ4n) is 2.31. The molecule has 0 unspecified atom stereocenters. The van der Waals surface area contributed by atoms with Crippen molar-refractivity contribution in [3.05, 3.63) is 40.3 Å². The summed E-state index contributed by atoms with van der Waals surface area (Å²) in [5.74, 6) is 0. The minimum atomic E-state index is -0.0906. The van der Waals surface area contributed by atoms with Crippen molar-refractivity contribution in [2.75, 3.05) is 0 Å². The lowest BCUT2D eigenvalue weighted by atomic mass is 10.2. The van der Waals surface area contributed by atoms with Crippen LogP contribution < -0.4 is 5.56 Å². The molecule has 19 heavy (non-hydrogen) atoms. The number of H-pyrrole nitrogens is 1. The van der Waals surface area contributed by atoms with Gasteiger partial charge in [0.1, 0.15) is 5.65 Å². The number of nitrogens with zero attached hydrogens (tertiary/aromatic N) is 1. The second kappa shape index (κ2) is 5.83. The van der Waals surface area contributed by atoms with E-state index in [4.69, 9.17) is 0 Å². The van der Waals surface area contributed by atoms with E-state index in [0.29, 0.717) is 17.0 Å². The highest BCUT2D eigenvalue weighted by molar-refractivity contribution is 7.58. The van der Waals surface area contributed by atoms with Crippen LogP contribution in [-0.4, -0.2) is 21.3 Å². The molecule has 102 valence electrons. The third-order valence-corrected chi connectivity index (χ3v) is 6.65. The van der Waals surface area contributed by atoms with E-state index >= 15 is 0 Å². The molecule has 0 atom stereocenters. The second-order valence-electron chi connectivity index (χ2n) is 5.42. The minimum absolute atomic E-state index is 0.0725. The molecule has 0 saturated carbocycles. The molecule has 2 aromatic rings. The molecule has 2 heterocycles. The van der Waals surface area contributed by atoms with Crippen molar-refractivity contribution in [3.8, 4) is 0 Å². The molecular formula is C15H21N2OP. The normalized spacial score (nSPS) is 11.9. The Labute approximate surface area is 115 Å². The summed E-state index contributed by atoms with van der Waals surface area (Å²) in [4.78, 5) is 18.7. The summed E-state index contributed by atoms with van der Waals surface area (Å²) < 4.78 is 0. The van der Waals surface area contributed by atoms with Gasteiger partial charge in [-0.15, -0.1) is 0 Å². The third-order valence-electron chi connectivity index (χ3n) is 3.31. The van der Waals surface area contributed by atoms with Crippen molar-refractivity contribution in [2.24, 2.45) is 0 Å². The van der Waals surface area contributed by atoms with Crippen LogP contribution in [0.2, 0.25) is 0 Å². The van der Waals surface area contributed by atoms with Crippen LogP contribution in [0, 0.1) is 0 Å². The Bertz CT molecular complexity index is 611. The van der Waals surface area contributed by atoms with Gasteiger partial charge in [-0.2, -0.15) is 0 Å². The molecular weight excluding hydrogens is 255 g/mol. The lowest BCUT2D eigenvalue weighted by Gasteiger charge is -2.25. The topological polar surface area (TPSA) is 45.8 Å². The first-order valence-corrected chi connectivity index (χ1v) is 8.38. The molecule has 1 N–H and O–H groups in total. The van der Waals surface area contributed by atoms with Crippen LogP contribution >= 0.6 is 7.92 Å². The Morgan fingerprint density at radius 3 is 2.37 bits per heavy atom. The van der Waals surface area contributed by atoms with Crippen LogP contribution in [0.1, 0.15) is 33.4 Å². The molecule has 0 saturated heterocycles. The summed E-state index contributed by atoms with van der Waals surface area (Å²) in [6, 6.07) is 7.49. The summed E-state index contributed by atoms with van der Waals surface area (Å²) in [5, 5.41) is 0.988. The first kappa shape index (κ1) is 14.2. The van der Waals surface area contributed by atoms with Crippen molar-refractivity contribution < 1.29 is 0 Å². The van der Waals surface area contributed by atoms with Crippen LogP contribution in [-0.2, 0) is 6.16 Å². The number of fused-ring (bicyclic) bond motifs is 1. The van der Waals surface area contributed by atoms with Crippen molar-refractivity contribution in [1.29, 1.82) is 0 Å². The maximum Gasteiger partial charge on any atom is 0.249 e. The maximum absolute atomic E-state index is 11.3. The van der Waals surface area contributed by atoms with Crippen molar-refractivity contribution in [1.82, 2.24) is 9.97 Å². The molecule has 0 aliphatic carbocycles.